The van der Waals surface area contributed by atoms with Gasteiger partial charge in [-0.1, -0.05) is 13.8 Å². The summed E-state index contributed by atoms with van der Waals surface area (Å²) in [6.07, 6.45) is 2.05. The van der Waals surface area contributed by atoms with Gasteiger partial charge in [0, 0.05) is 24.9 Å². The maximum absolute atomic E-state index is 12.2. The van der Waals surface area contributed by atoms with E-state index in [1.54, 1.807) is 13.8 Å². The smallest absolute Gasteiger partial charge is 0.303 e. The van der Waals surface area contributed by atoms with E-state index in [0.717, 1.165) is 37.4 Å². The molecule has 6 heteroatoms. The van der Waals surface area contributed by atoms with Crippen LogP contribution in [0.2, 0.25) is 0 Å². The van der Waals surface area contributed by atoms with Gasteiger partial charge in [-0.25, -0.2) is 0 Å². The van der Waals surface area contributed by atoms with Gasteiger partial charge in [-0.05, 0) is 36.1 Å². The zero-order valence-electron chi connectivity index (χ0n) is 15.1. The molecule has 6 nitrogen and oxygen atoms in total. The number of ether oxygens (including phenoxy) is 2. The quantitative estimate of drug-likeness (QED) is 0.788. The molecule has 1 aromatic carbocycles. The van der Waals surface area contributed by atoms with Crippen LogP contribution >= 0.6 is 0 Å². The van der Waals surface area contributed by atoms with Crippen LogP contribution in [0.3, 0.4) is 0 Å². The van der Waals surface area contributed by atoms with Gasteiger partial charge in [0.2, 0.25) is 5.91 Å². The van der Waals surface area contributed by atoms with Gasteiger partial charge in [-0.3, -0.25) is 9.59 Å². The Bertz CT molecular complexity index is 620. The fourth-order valence-electron chi connectivity index (χ4n) is 2.94. The molecule has 0 unspecified atom stereocenters. The highest BCUT2D eigenvalue weighted by Crippen LogP contribution is 2.28. The Morgan fingerprint density at radius 2 is 1.96 bits per heavy atom. The first-order valence-electron chi connectivity index (χ1n) is 8.62. The predicted octanol–water partition coefficient (Wildman–Crippen LogP) is 3.38. The maximum Gasteiger partial charge on any atom is 0.303 e. The molecule has 1 aromatic rings. The molecule has 1 amide bonds. The van der Waals surface area contributed by atoms with Crippen molar-refractivity contribution in [1.82, 2.24) is 0 Å². The van der Waals surface area contributed by atoms with Crippen LogP contribution in [-0.4, -0.2) is 36.3 Å². The zero-order chi connectivity index (χ0) is 18.4. The van der Waals surface area contributed by atoms with Crippen LogP contribution in [0.5, 0.6) is 5.75 Å². The predicted molar refractivity (Wildman–Crippen MR) is 94.9 cm³/mol. The highest BCUT2D eigenvalue weighted by atomic mass is 16.5. The van der Waals surface area contributed by atoms with Crippen LogP contribution < -0.4 is 10.1 Å². The SMILES string of the molecule is Cc1cc(NC(=O)CC(C)(C)CC(=O)O)ccc1OC1CCOCC1. The van der Waals surface area contributed by atoms with Crippen molar-refractivity contribution in [3.63, 3.8) is 0 Å². The molecule has 1 heterocycles. The number of hydrogen-bond donors (Lipinski definition) is 2. The summed E-state index contributed by atoms with van der Waals surface area (Å²) in [5.41, 5.74) is 1.05. The molecule has 0 saturated carbocycles. The standard InChI is InChI=1S/C19H27NO5/c1-13-10-14(20-17(21)11-19(2,3)12-18(22)23)4-5-16(13)25-15-6-8-24-9-7-15/h4-5,10,15H,6-9,11-12H2,1-3H3,(H,20,21)(H,22,23). The second-order valence-electron chi connectivity index (χ2n) is 7.37. The number of nitrogens with one attached hydrogen (secondary N) is 1. The summed E-state index contributed by atoms with van der Waals surface area (Å²) < 4.78 is 11.3. The lowest BCUT2D eigenvalue weighted by atomic mass is 9.85. The Labute approximate surface area is 148 Å². The van der Waals surface area contributed by atoms with Crippen LogP contribution in [0.25, 0.3) is 0 Å². The van der Waals surface area contributed by atoms with Crippen LogP contribution in [0, 0.1) is 12.3 Å². The van der Waals surface area contributed by atoms with Crippen molar-refractivity contribution in [2.24, 2.45) is 5.41 Å². The Balaban J connectivity index is 1.93. The summed E-state index contributed by atoms with van der Waals surface area (Å²) in [7, 11) is 0. The van der Waals surface area contributed by atoms with Crippen molar-refractivity contribution in [2.45, 2.75) is 52.6 Å². The van der Waals surface area contributed by atoms with E-state index in [-0.39, 0.29) is 24.9 Å². The van der Waals surface area contributed by atoms with E-state index in [1.807, 2.05) is 25.1 Å². The second-order valence-corrected chi connectivity index (χ2v) is 7.37. The molecule has 1 aliphatic rings. The third-order valence-electron chi connectivity index (χ3n) is 4.19. The molecule has 1 aliphatic heterocycles. The number of aryl methyl sites for hydroxylation is 1. The van der Waals surface area contributed by atoms with Gasteiger partial charge >= 0.3 is 5.97 Å². The van der Waals surface area contributed by atoms with Crippen LogP contribution in [0.1, 0.15) is 45.1 Å². The van der Waals surface area contributed by atoms with Gasteiger partial charge in [0.15, 0.2) is 0 Å². The van der Waals surface area contributed by atoms with Crippen molar-refractivity contribution in [3.05, 3.63) is 23.8 Å². The van der Waals surface area contributed by atoms with Crippen molar-refractivity contribution in [2.75, 3.05) is 18.5 Å². The number of aliphatic carboxylic acids is 1. The van der Waals surface area contributed by atoms with Crippen LogP contribution in [0.4, 0.5) is 5.69 Å². The fourth-order valence-corrected chi connectivity index (χ4v) is 2.94. The minimum atomic E-state index is -0.900. The normalized spacial score (nSPS) is 15.6. The molecule has 2 N–H and O–H groups in total. The molecule has 0 aliphatic carbocycles. The average Bonchev–Trinajstić information content (AvgIpc) is 2.49. The Morgan fingerprint density at radius 1 is 1.28 bits per heavy atom. The molecule has 0 spiro atoms. The molecule has 1 saturated heterocycles. The summed E-state index contributed by atoms with van der Waals surface area (Å²) in [4.78, 5) is 23.0. The molecule has 2 rings (SSSR count). The van der Waals surface area contributed by atoms with Crippen molar-refractivity contribution in [1.29, 1.82) is 0 Å². The van der Waals surface area contributed by atoms with Gasteiger partial charge in [-0.2, -0.15) is 0 Å². The molecular formula is C19H27NO5. The van der Waals surface area contributed by atoms with E-state index in [0.29, 0.717) is 5.69 Å². The summed E-state index contributed by atoms with van der Waals surface area (Å²) in [5.74, 6) is -0.275. The largest absolute Gasteiger partial charge is 0.490 e. The third-order valence-corrected chi connectivity index (χ3v) is 4.19. The van der Waals surface area contributed by atoms with Crippen molar-refractivity contribution in [3.8, 4) is 5.75 Å². The average molecular weight is 349 g/mol. The minimum Gasteiger partial charge on any atom is -0.490 e. The van der Waals surface area contributed by atoms with Crippen LogP contribution in [0.15, 0.2) is 18.2 Å². The molecule has 0 bridgehead atoms. The van der Waals surface area contributed by atoms with E-state index in [9.17, 15) is 9.59 Å². The van der Waals surface area contributed by atoms with Gasteiger partial charge in [0.25, 0.3) is 0 Å². The lowest BCUT2D eigenvalue weighted by Crippen LogP contribution is -2.26. The highest BCUT2D eigenvalue weighted by molar-refractivity contribution is 5.91. The van der Waals surface area contributed by atoms with Crippen molar-refractivity contribution >= 4 is 17.6 Å². The molecule has 0 aromatic heterocycles. The number of rotatable bonds is 7. The summed E-state index contributed by atoms with van der Waals surface area (Å²) in [5, 5.41) is 11.7. The molecule has 1 fully saturated rings. The van der Waals surface area contributed by atoms with Crippen molar-refractivity contribution < 1.29 is 24.2 Å². The number of amides is 1. The first-order valence-corrected chi connectivity index (χ1v) is 8.62. The number of anilines is 1. The summed E-state index contributed by atoms with van der Waals surface area (Å²) in [6, 6.07) is 5.54. The topological polar surface area (TPSA) is 84.9 Å². The lowest BCUT2D eigenvalue weighted by molar-refractivity contribution is -0.139. The maximum atomic E-state index is 12.2. The molecule has 0 atom stereocenters. The number of carbonyl (C=O) groups excluding carboxylic acids is 1. The number of benzene rings is 1. The Hall–Kier alpha value is -2.08. The van der Waals surface area contributed by atoms with E-state index in [2.05, 4.69) is 5.32 Å². The van der Waals surface area contributed by atoms with Crippen LogP contribution in [-0.2, 0) is 14.3 Å². The van der Waals surface area contributed by atoms with Gasteiger partial charge in [-0.15, -0.1) is 0 Å². The summed E-state index contributed by atoms with van der Waals surface area (Å²) in [6.45, 7) is 6.94. The molecule has 0 radical (unpaired) electrons. The number of hydrogen-bond acceptors (Lipinski definition) is 4. The Morgan fingerprint density at radius 3 is 2.56 bits per heavy atom. The lowest BCUT2D eigenvalue weighted by Gasteiger charge is -2.24. The number of carboxylic acid groups (broad SMARTS) is 1. The first kappa shape index (κ1) is 19.2. The van der Waals surface area contributed by atoms with E-state index in [4.69, 9.17) is 14.6 Å². The summed E-state index contributed by atoms with van der Waals surface area (Å²) >= 11 is 0. The first-order chi connectivity index (χ1) is 11.7. The highest BCUT2D eigenvalue weighted by Gasteiger charge is 2.25. The zero-order valence-corrected chi connectivity index (χ0v) is 15.1. The fraction of sp³-hybridized carbons (Fsp3) is 0.579. The van der Waals surface area contributed by atoms with E-state index in [1.165, 1.54) is 0 Å². The monoisotopic (exact) mass is 349 g/mol. The van der Waals surface area contributed by atoms with E-state index >= 15 is 0 Å². The Kier molecular flexibility index (Phi) is 6.42. The van der Waals surface area contributed by atoms with E-state index < -0.39 is 11.4 Å². The number of carbonyl (C=O) groups is 2. The molecular weight excluding hydrogens is 322 g/mol. The third kappa shape index (κ3) is 6.38. The van der Waals surface area contributed by atoms with Gasteiger partial charge in [0.1, 0.15) is 11.9 Å². The minimum absolute atomic E-state index is 0.0443. The molecule has 25 heavy (non-hydrogen) atoms. The second kappa shape index (κ2) is 8.34. The van der Waals surface area contributed by atoms with Gasteiger partial charge in [0.05, 0.1) is 19.6 Å². The van der Waals surface area contributed by atoms with Gasteiger partial charge < -0.3 is 19.9 Å². The molecule has 138 valence electrons. The number of carboxylic acids is 1.